The monoisotopic (exact) mass is 416 g/mol. The molecule has 2 amide bonds. The lowest BCUT2D eigenvalue weighted by Gasteiger charge is -2.50. The molecule has 1 aliphatic heterocycles. The maximum absolute atomic E-state index is 13.6. The van der Waals surface area contributed by atoms with E-state index in [-0.39, 0.29) is 18.7 Å². The Morgan fingerprint density at radius 1 is 0.966 bits per heavy atom. The summed E-state index contributed by atoms with van der Waals surface area (Å²) in [5.41, 5.74) is -4.02. The Hall–Kier alpha value is -2.45. The van der Waals surface area contributed by atoms with Crippen molar-refractivity contribution < 1.29 is 32.2 Å². The average molecular weight is 416 g/mol. The minimum atomic E-state index is -4.62. The van der Waals surface area contributed by atoms with Crippen LogP contribution in [0.2, 0.25) is 0 Å². The van der Waals surface area contributed by atoms with Crippen LogP contribution in [0.5, 0.6) is 0 Å². The highest BCUT2D eigenvalue weighted by atomic mass is 19.4. The number of amides is 2. The lowest BCUT2D eigenvalue weighted by Crippen LogP contribution is -2.70. The Kier molecular flexibility index (Phi) is 5.84. The number of hydrogen-bond acceptors (Lipinski definition) is 4. The second-order valence-electron chi connectivity index (χ2n) is 9.09. The third-order valence-corrected chi connectivity index (χ3v) is 4.06. The number of rotatable bonds is 2. The minimum Gasteiger partial charge on any atom is -0.444 e. The molecule has 6 nitrogen and oxygen atoms in total. The van der Waals surface area contributed by atoms with E-state index in [1.165, 1.54) is 23.1 Å². The van der Waals surface area contributed by atoms with Crippen LogP contribution < -0.4 is 5.32 Å². The summed E-state index contributed by atoms with van der Waals surface area (Å²) in [6.45, 7) is 9.67. The SMILES string of the molecule is CC(C)(C)OC(=O)NC1(c2ccccc2C(F)(F)F)CN(C(=O)OC(C)(C)C)C1. The van der Waals surface area contributed by atoms with E-state index in [1.54, 1.807) is 41.5 Å². The van der Waals surface area contributed by atoms with Gasteiger partial charge in [-0.05, 0) is 53.2 Å². The molecule has 1 N–H and O–H groups in total. The number of carbonyl (C=O) groups excluding carboxylic acids is 2. The van der Waals surface area contributed by atoms with E-state index in [0.717, 1.165) is 6.07 Å². The number of alkyl halides is 3. The van der Waals surface area contributed by atoms with Gasteiger partial charge in [0, 0.05) is 0 Å². The van der Waals surface area contributed by atoms with Crippen LogP contribution in [0.4, 0.5) is 22.8 Å². The second kappa shape index (κ2) is 7.42. The van der Waals surface area contributed by atoms with Gasteiger partial charge < -0.3 is 19.7 Å². The smallest absolute Gasteiger partial charge is 0.416 e. The zero-order valence-corrected chi connectivity index (χ0v) is 17.4. The lowest BCUT2D eigenvalue weighted by atomic mass is 9.80. The maximum Gasteiger partial charge on any atom is 0.416 e. The molecule has 162 valence electrons. The predicted octanol–water partition coefficient (Wildman–Crippen LogP) is 4.68. The van der Waals surface area contributed by atoms with Crippen LogP contribution >= 0.6 is 0 Å². The molecule has 0 unspecified atom stereocenters. The lowest BCUT2D eigenvalue weighted by molar-refractivity contribution is -0.139. The summed E-state index contributed by atoms with van der Waals surface area (Å²) in [6, 6.07) is 4.98. The van der Waals surface area contributed by atoms with Gasteiger partial charge in [-0.1, -0.05) is 18.2 Å². The molecule has 2 rings (SSSR count). The Bertz CT molecular complexity index is 773. The highest BCUT2D eigenvalue weighted by molar-refractivity contribution is 5.73. The molecule has 0 spiro atoms. The Balaban J connectivity index is 2.35. The first-order valence-corrected chi connectivity index (χ1v) is 9.18. The van der Waals surface area contributed by atoms with E-state index in [2.05, 4.69) is 5.32 Å². The first-order chi connectivity index (χ1) is 13.0. The van der Waals surface area contributed by atoms with Crippen molar-refractivity contribution in [2.24, 2.45) is 0 Å². The minimum absolute atomic E-state index is 0.127. The molecule has 29 heavy (non-hydrogen) atoms. The van der Waals surface area contributed by atoms with Gasteiger partial charge in [0.15, 0.2) is 0 Å². The molecule has 0 bridgehead atoms. The molecule has 0 atom stereocenters. The van der Waals surface area contributed by atoms with Gasteiger partial charge in [-0.25, -0.2) is 9.59 Å². The van der Waals surface area contributed by atoms with E-state index in [4.69, 9.17) is 9.47 Å². The van der Waals surface area contributed by atoms with Crippen LogP contribution in [0, 0.1) is 0 Å². The van der Waals surface area contributed by atoms with Crippen molar-refractivity contribution >= 4 is 12.2 Å². The summed E-state index contributed by atoms with van der Waals surface area (Å²) in [5.74, 6) is 0. The normalized spacial score (nSPS) is 16.7. The topological polar surface area (TPSA) is 67.9 Å². The highest BCUT2D eigenvalue weighted by Gasteiger charge is 2.52. The summed E-state index contributed by atoms with van der Waals surface area (Å²) in [7, 11) is 0. The van der Waals surface area contributed by atoms with E-state index >= 15 is 0 Å². The van der Waals surface area contributed by atoms with Crippen LogP contribution in [-0.2, 0) is 21.2 Å². The molecule has 0 aromatic heterocycles. The zero-order chi connectivity index (χ0) is 22.3. The van der Waals surface area contributed by atoms with Crippen molar-refractivity contribution in [1.82, 2.24) is 10.2 Å². The quantitative estimate of drug-likeness (QED) is 0.760. The molecule has 0 radical (unpaired) electrons. The largest absolute Gasteiger partial charge is 0.444 e. The standard InChI is InChI=1S/C20H27F3N2O4/c1-17(2,3)28-15(26)24-19(11-25(12-19)16(27)29-18(4,5)6)13-9-7-8-10-14(13)20(21,22)23/h7-10H,11-12H2,1-6H3,(H,24,26). The fourth-order valence-corrected chi connectivity index (χ4v) is 3.02. The van der Waals surface area contributed by atoms with Crippen LogP contribution in [0.1, 0.15) is 52.7 Å². The van der Waals surface area contributed by atoms with Gasteiger partial charge in [0.2, 0.25) is 0 Å². The number of benzene rings is 1. The second-order valence-corrected chi connectivity index (χ2v) is 9.09. The van der Waals surface area contributed by atoms with Crippen LogP contribution in [-0.4, -0.2) is 41.4 Å². The Morgan fingerprint density at radius 2 is 1.48 bits per heavy atom. The van der Waals surface area contributed by atoms with E-state index in [1.807, 2.05) is 0 Å². The molecule has 0 aliphatic carbocycles. The number of carbonyl (C=O) groups is 2. The fraction of sp³-hybridized carbons (Fsp3) is 0.600. The molecule has 1 aliphatic rings. The summed E-state index contributed by atoms with van der Waals surface area (Å²) >= 11 is 0. The number of alkyl carbamates (subject to hydrolysis) is 1. The molecule has 1 fully saturated rings. The van der Waals surface area contributed by atoms with E-state index < -0.39 is 40.7 Å². The van der Waals surface area contributed by atoms with E-state index in [9.17, 15) is 22.8 Å². The number of nitrogens with one attached hydrogen (secondary N) is 1. The number of likely N-dealkylation sites (tertiary alicyclic amines) is 1. The first-order valence-electron chi connectivity index (χ1n) is 9.18. The van der Waals surface area contributed by atoms with Crippen molar-refractivity contribution in [2.45, 2.75) is 64.5 Å². The van der Waals surface area contributed by atoms with Gasteiger partial charge in [0.05, 0.1) is 18.7 Å². The van der Waals surface area contributed by atoms with Crippen molar-refractivity contribution in [3.05, 3.63) is 35.4 Å². The summed E-state index contributed by atoms with van der Waals surface area (Å²) in [5, 5.41) is 2.55. The Labute approximate surface area is 168 Å². The van der Waals surface area contributed by atoms with Gasteiger partial charge in [-0.2, -0.15) is 13.2 Å². The maximum atomic E-state index is 13.6. The summed E-state index contributed by atoms with van der Waals surface area (Å²) in [6.07, 6.45) is -6.15. The third-order valence-electron chi connectivity index (χ3n) is 4.06. The molecule has 1 aromatic carbocycles. The molecule has 0 saturated carbocycles. The number of nitrogens with zero attached hydrogens (tertiary/aromatic N) is 1. The van der Waals surface area contributed by atoms with Gasteiger partial charge >= 0.3 is 18.4 Å². The van der Waals surface area contributed by atoms with Gasteiger partial charge in [0.25, 0.3) is 0 Å². The van der Waals surface area contributed by atoms with E-state index in [0.29, 0.717) is 0 Å². The molecule has 1 heterocycles. The van der Waals surface area contributed by atoms with Crippen LogP contribution in [0.25, 0.3) is 0 Å². The van der Waals surface area contributed by atoms with Gasteiger partial charge in [-0.15, -0.1) is 0 Å². The van der Waals surface area contributed by atoms with Crippen molar-refractivity contribution in [2.75, 3.05) is 13.1 Å². The van der Waals surface area contributed by atoms with Crippen molar-refractivity contribution in [3.63, 3.8) is 0 Å². The highest BCUT2D eigenvalue weighted by Crippen LogP contribution is 2.41. The molecule has 9 heteroatoms. The fourth-order valence-electron chi connectivity index (χ4n) is 3.02. The molecular weight excluding hydrogens is 389 g/mol. The summed E-state index contributed by atoms with van der Waals surface area (Å²) in [4.78, 5) is 25.9. The molecule has 1 saturated heterocycles. The van der Waals surface area contributed by atoms with Crippen LogP contribution in [0.15, 0.2) is 24.3 Å². The number of hydrogen-bond donors (Lipinski definition) is 1. The number of ether oxygens (including phenoxy) is 2. The van der Waals surface area contributed by atoms with Gasteiger partial charge in [-0.3, -0.25) is 0 Å². The first kappa shape index (κ1) is 22.8. The van der Waals surface area contributed by atoms with Crippen LogP contribution in [0.3, 0.4) is 0 Å². The number of halogens is 3. The average Bonchev–Trinajstić information content (AvgIpc) is 2.46. The Morgan fingerprint density at radius 3 is 1.97 bits per heavy atom. The van der Waals surface area contributed by atoms with Gasteiger partial charge in [0.1, 0.15) is 16.7 Å². The van der Waals surface area contributed by atoms with Crippen molar-refractivity contribution in [1.29, 1.82) is 0 Å². The molecule has 1 aromatic rings. The van der Waals surface area contributed by atoms with Crippen molar-refractivity contribution in [3.8, 4) is 0 Å². The third kappa shape index (κ3) is 5.77. The molecular formula is C20H27F3N2O4. The zero-order valence-electron chi connectivity index (χ0n) is 17.4. The summed E-state index contributed by atoms with van der Waals surface area (Å²) < 4.78 is 51.2. The predicted molar refractivity (Wildman–Crippen MR) is 100 cm³/mol.